The Kier molecular flexibility index (Phi) is 79.2. The van der Waals surface area contributed by atoms with Crippen LogP contribution in [0.25, 0.3) is 30.8 Å². The Labute approximate surface area is 81.6 Å². The number of hydrogen-bond donors (Lipinski definition) is 1. The summed E-state index contributed by atoms with van der Waals surface area (Å²) in [6.07, 6.45) is 0. The molecule has 0 fully saturated rings. The molecule has 1 heterocycles. The summed E-state index contributed by atoms with van der Waals surface area (Å²) in [5.41, 5.74) is 0. The average Bonchev–Trinajstić information content (AvgIpc) is 1.86. The molecule has 0 bridgehead atoms. The molecule has 0 aliphatic rings. The zero-order valence-corrected chi connectivity index (χ0v) is 7.60. The van der Waals surface area contributed by atoms with Crippen molar-refractivity contribution in [2.45, 2.75) is 6.92 Å². The summed E-state index contributed by atoms with van der Waals surface area (Å²) >= 11 is 0. The number of aromatic nitrogens is 4. The van der Waals surface area contributed by atoms with Crippen molar-refractivity contribution in [3.05, 3.63) is 36.6 Å². The van der Waals surface area contributed by atoms with Gasteiger partial charge in [0.2, 0.25) is 0 Å². The second-order valence-corrected chi connectivity index (χ2v) is 0.987. The molecule has 12 heavy (non-hydrogen) atoms. The second kappa shape index (κ2) is 22.4. The smallest absolute Gasteiger partial charge is 0.693 e. The molecule has 78 valence electrons. The normalized spacial score (nSPS) is 4.42. The third kappa shape index (κ3) is 16.2. The minimum absolute atomic E-state index is 0. The largest absolute Gasteiger partial charge is 3.00 e. The standard InChI is InChI=1S/C2H4N4.Co.5H2N/c1-2-3-5-6-4-2;;;;;;/h1H3,(H,3,4,5,6);;5*1H2/q;+3;5*-1. The first-order valence-electron chi connectivity index (χ1n) is 1.60. The fraction of sp³-hybridized carbons (Fsp3) is 0.500. The molecule has 0 aliphatic heterocycles. The molecule has 0 spiro atoms. The molecule has 0 aliphatic carbocycles. The summed E-state index contributed by atoms with van der Waals surface area (Å²) in [6, 6.07) is 0. The molecule has 0 amide bonds. The van der Waals surface area contributed by atoms with Crippen LogP contribution in [0.4, 0.5) is 0 Å². The van der Waals surface area contributed by atoms with Crippen LogP contribution in [0.1, 0.15) is 5.82 Å². The van der Waals surface area contributed by atoms with Gasteiger partial charge in [-0.15, -0.1) is 5.10 Å². The van der Waals surface area contributed by atoms with E-state index in [-0.39, 0.29) is 47.5 Å². The second-order valence-electron chi connectivity index (χ2n) is 0.987. The van der Waals surface area contributed by atoms with Crippen molar-refractivity contribution in [3.8, 4) is 0 Å². The number of rotatable bonds is 0. The van der Waals surface area contributed by atoms with E-state index in [1.165, 1.54) is 0 Å². The van der Waals surface area contributed by atoms with Crippen molar-refractivity contribution in [2.24, 2.45) is 0 Å². The van der Waals surface area contributed by atoms with Crippen LogP contribution in [0.15, 0.2) is 0 Å². The van der Waals surface area contributed by atoms with Gasteiger partial charge in [0.15, 0.2) is 0 Å². The fourth-order valence-corrected chi connectivity index (χ4v) is 0.207. The van der Waals surface area contributed by atoms with Gasteiger partial charge in [-0.25, -0.2) is 5.10 Å². The third-order valence-corrected chi connectivity index (χ3v) is 0.451. The number of nitrogens with two attached hydrogens (primary N) is 5. The summed E-state index contributed by atoms with van der Waals surface area (Å²) in [5, 5.41) is 12.6. The van der Waals surface area contributed by atoms with Crippen LogP contribution in [-0.2, 0) is 16.8 Å². The van der Waals surface area contributed by atoms with Crippen molar-refractivity contribution >= 4 is 0 Å². The van der Waals surface area contributed by atoms with Crippen LogP contribution in [0.3, 0.4) is 0 Å². The molecular weight excluding hydrogens is 209 g/mol. The van der Waals surface area contributed by atoms with E-state index < -0.39 is 0 Å². The molecule has 0 atom stereocenters. The van der Waals surface area contributed by atoms with Crippen LogP contribution in [0.2, 0.25) is 0 Å². The number of tetrazole rings is 1. The van der Waals surface area contributed by atoms with Gasteiger partial charge in [0.05, 0.1) is 0 Å². The van der Waals surface area contributed by atoms with Crippen molar-refractivity contribution < 1.29 is 16.8 Å². The van der Waals surface area contributed by atoms with Crippen LogP contribution in [0.5, 0.6) is 0 Å². The van der Waals surface area contributed by atoms with Gasteiger partial charge in [0.1, 0.15) is 5.82 Å². The Morgan fingerprint density at radius 3 is 1.50 bits per heavy atom. The summed E-state index contributed by atoms with van der Waals surface area (Å²) < 4.78 is 0. The zero-order chi connectivity index (χ0) is 4.41. The number of nitrogens with one attached hydrogen (secondary N) is 1. The van der Waals surface area contributed by atoms with Crippen LogP contribution in [-0.4, -0.2) is 20.6 Å². The van der Waals surface area contributed by atoms with Gasteiger partial charge < -0.3 is 30.8 Å². The molecule has 10 heteroatoms. The van der Waals surface area contributed by atoms with Crippen molar-refractivity contribution in [2.75, 3.05) is 0 Å². The Balaban J connectivity index is -0.0000000150. The van der Waals surface area contributed by atoms with Gasteiger partial charge >= 0.3 is 16.8 Å². The van der Waals surface area contributed by atoms with E-state index in [0.29, 0.717) is 0 Å². The van der Waals surface area contributed by atoms with Gasteiger partial charge in [-0.3, -0.25) is 0 Å². The van der Waals surface area contributed by atoms with Gasteiger partial charge in [-0.05, 0) is 17.4 Å². The SMILES string of the molecule is Cc1nnn[nH]1.[Co+3].[NH2-].[NH2-].[NH2-].[NH2-].[NH2-]. The molecular formula is C2H14CoN9-2. The van der Waals surface area contributed by atoms with Gasteiger partial charge in [-0.2, -0.15) is 0 Å². The molecule has 0 saturated heterocycles. The van der Waals surface area contributed by atoms with Crippen LogP contribution in [0, 0.1) is 6.92 Å². The van der Waals surface area contributed by atoms with Crippen LogP contribution < -0.4 is 0 Å². The maximum atomic E-state index is 3.50. The van der Waals surface area contributed by atoms with Crippen molar-refractivity contribution in [1.29, 1.82) is 0 Å². The van der Waals surface area contributed by atoms with Crippen LogP contribution >= 0.6 is 0 Å². The molecule has 0 saturated carbocycles. The van der Waals surface area contributed by atoms with Crippen molar-refractivity contribution in [1.82, 2.24) is 20.6 Å². The molecule has 11 N–H and O–H groups in total. The summed E-state index contributed by atoms with van der Waals surface area (Å²) in [6.45, 7) is 1.79. The summed E-state index contributed by atoms with van der Waals surface area (Å²) in [7, 11) is 0. The van der Waals surface area contributed by atoms with E-state index in [1.54, 1.807) is 6.92 Å². The first kappa shape index (κ1) is 42.4. The average molecular weight is 223 g/mol. The molecule has 1 rings (SSSR count). The van der Waals surface area contributed by atoms with E-state index >= 15 is 0 Å². The Hall–Kier alpha value is -0.624. The maximum absolute atomic E-state index is 3.50. The van der Waals surface area contributed by atoms with E-state index in [4.69, 9.17) is 0 Å². The Bertz CT molecular complexity index is 116. The molecule has 1 aromatic heterocycles. The topological polar surface area (TPSA) is 222 Å². The minimum atomic E-state index is 0. The Morgan fingerprint density at radius 1 is 1.00 bits per heavy atom. The van der Waals surface area contributed by atoms with Gasteiger partial charge in [0.25, 0.3) is 0 Å². The molecule has 0 unspecified atom stereocenters. The number of nitrogens with zero attached hydrogens (tertiary/aromatic N) is 3. The van der Waals surface area contributed by atoms with Crippen molar-refractivity contribution in [3.63, 3.8) is 0 Å². The number of H-pyrrole nitrogens is 1. The summed E-state index contributed by atoms with van der Waals surface area (Å²) in [4.78, 5) is 0. The monoisotopic (exact) mass is 223 g/mol. The Morgan fingerprint density at radius 2 is 1.42 bits per heavy atom. The number of hydrogen-bond acceptors (Lipinski definition) is 3. The molecule has 9 nitrogen and oxygen atoms in total. The number of aryl methyl sites for hydroxylation is 1. The molecule has 1 aromatic rings. The third-order valence-electron chi connectivity index (χ3n) is 0.451. The van der Waals surface area contributed by atoms with E-state index in [1.807, 2.05) is 0 Å². The predicted molar refractivity (Wildman–Crippen MR) is 45.3 cm³/mol. The quantitative estimate of drug-likeness (QED) is 0.699. The van der Waals surface area contributed by atoms with E-state index in [2.05, 4.69) is 20.6 Å². The first-order chi connectivity index (χ1) is 2.89. The number of aromatic amines is 1. The van der Waals surface area contributed by atoms with Gasteiger partial charge in [-0.1, -0.05) is 0 Å². The maximum Gasteiger partial charge on any atom is 3.00 e. The summed E-state index contributed by atoms with van der Waals surface area (Å²) in [5.74, 6) is 0.745. The van der Waals surface area contributed by atoms with E-state index in [0.717, 1.165) is 5.82 Å². The minimum Gasteiger partial charge on any atom is -0.693 e. The molecule has 0 radical (unpaired) electrons. The predicted octanol–water partition coefficient (Wildman–Crippen LogP) is 3.09. The van der Waals surface area contributed by atoms with E-state index in [9.17, 15) is 0 Å². The van der Waals surface area contributed by atoms with Gasteiger partial charge in [0, 0.05) is 0 Å². The fourth-order valence-electron chi connectivity index (χ4n) is 0.207. The molecule has 0 aromatic carbocycles. The first-order valence-corrected chi connectivity index (χ1v) is 1.60. The zero-order valence-electron chi connectivity index (χ0n) is 6.56.